The summed E-state index contributed by atoms with van der Waals surface area (Å²) in [4.78, 5) is 45.5. The number of ketones is 1. The summed E-state index contributed by atoms with van der Waals surface area (Å²) in [7, 11) is 0. The molecule has 142 valence electrons. The minimum absolute atomic E-state index is 0.0440. The van der Waals surface area contributed by atoms with E-state index in [4.69, 9.17) is 9.47 Å². The fourth-order valence-corrected chi connectivity index (χ4v) is 1.84. The van der Waals surface area contributed by atoms with Crippen molar-refractivity contribution >= 4 is 23.7 Å². The molecule has 26 heavy (non-hydrogen) atoms. The van der Waals surface area contributed by atoms with Gasteiger partial charge < -0.3 is 14.8 Å². The predicted octanol–water partition coefficient (Wildman–Crippen LogP) is 1.83. The molecule has 8 heteroatoms. The monoisotopic (exact) mass is 364 g/mol. The standard InChI is InChI=1S/C18H24N2O6/c1-3-4-10-19-18(24)20-16(22)12-26-17(23)9-11-25-15-7-5-14(6-8-15)13(2)21/h5-8H,3-4,9-12H2,1-2H3,(H2,19,20,22,24). The summed E-state index contributed by atoms with van der Waals surface area (Å²) in [5.74, 6) is -0.846. The number of unbranched alkanes of at least 4 members (excludes halogenated alkanes) is 1. The molecule has 0 bridgehead atoms. The van der Waals surface area contributed by atoms with Crippen molar-refractivity contribution < 1.29 is 28.7 Å². The molecule has 1 rings (SSSR count). The van der Waals surface area contributed by atoms with Gasteiger partial charge in [0.1, 0.15) is 5.75 Å². The zero-order chi connectivity index (χ0) is 19.4. The Labute approximate surface area is 152 Å². The molecule has 0 heterocycles. The first-order chi connectivity index (χ1) is 12.4. The molecule has 0 atom stereocenters. The number of rotatable bonds is 10. The molecule has 0 aliphatic carbocycles. The van der Waals surface area contributed by atoms with E-state index in [0.29, 0.717) is 17.9 Å². The second kappa shape index (κ2) is 11.6. The minimum atomic E-state index is -0.701. The van der Waals surface area contributed by atoms with Crippen molar-refractivity contribution in [3.05, 3.63) is 29.8 Å². The number of Topliss-reactive ketones (excluding diaryl/α,β-unsaturated/α-hetero) is 1. The minimum Gasteiger partial charge on any atom is -0.493 e. The molecule has 8 nitrogen and oxygen atoms in total. The second-order valence-electron chi connectivity index (χ2n) is 5.50. The Kier molecular flexibility index (Phi) is 9.45. The smallest absolute Gasteiger partial charge is 0.321 e. The van der Waals surface area contributed by atoms with Crippen LogP contribution in [0.5, 0.6) is 5.75 Å². The number of carbonyl (C=O) groups excluding carboxylic acids is 4. The maximum Gasteiger partial charge on any atom is 0.321 e. The Morgan fingerprint density at radius 2 is 1.77 bits per heavy atom. The first-order valence-corrected chi connectivity index (χ1v) is 8.39. The summed E-state index contributed by atoms with van der Waals surface area (Å²) in [5.41, 5.74) is 0.571. The Morgan fingerprint density at radius 3 is 2.38 bits per heavy atom. The number of ether oxygens (including phenoxy) is 2. The van der Waals surface area contributed by atoms with Crippen LogP contribution in [-0.2, 0) is 14.3 Å². The van der Waals surface area contributed by atoms with Gasteiger partial charge in [0, 0.05) is 12.1 Å². The normalized spacial score (nSPS) is 9.92. The van der Waals surface area contributed by atoms with Crippen LogP contribution in [0.1, 0.15) is 43.5 Å². The van der Waals surface area contributed by atoms with Crippen molar-refractivity contribution in [3.8, 4) is 5.75 Å². The molecule has 0 unspecified atom stereocenters. The van der Waals surface area contributed by atoms with Crippen LogP contribution in [-0.4, -0.2) is 43.4 Å². The Morgan fingerprint density at radius 1 is 1.08 bits per heavy atom. The summed E-state index contributed by atoms with van der Waals surface area (Å²) in [6.45, 7) is 3.46. The third-order valence-corrected chi connectivity index (χ3v) is 3.27. The highest BCUT2D eigenvalue weighted by Gasteiger charge is 2.11. The Balaban J connectivity index is 2.18. The van der Waals surface area contributed by atoms with Gasteiger partial charge in [-0.25, -0.2) is 4.79 Å². The van der Waals surface area contributed by atoms with Gasteiger partial charge in [-0.3, -0.25) is 19.7 Å². The molecule has 0 fully saturated rings. The first kappa shape index (κ1) is 21.1. The van der Waals surface area contributed by atoms with Gasteiger partial charge in [0.25, 0.3) is 5.91 Å². The van der Waals surface area contributed by atoms with Crippen LogP contribution in [0.15, 0.2) is 24.3 Å². The number of benzene rings is 1. The lowest BCUT2D eigenvalue weighted by molar-refractivity contribution is -0.148. The fraction of sp³-hybridized carbons (Fsp3) is 0.444. The summed E-state index contributed by atoms with van der Waals surface area (Å²) in [6.07, 6.45) is 1.69. The van der Waals surface area contributed by atoms with Crippen LogP contribution < -0.4 is 15.4 Å². The average molecular weight is 364 g/mol. The zero-order valence-electron chi connectivity index (χ0n) is 15.0. The highest BCUT2D eigenvalue weighted by molar-refractivity contribution is 5.95. The van der Waals surface area contributed by atoms with E-state index in [0.717, 1.165) is 12.8 Å². The molecule has 0 aliphatic rings. The third-order valence-electron chi connectivity index (χ3n) is 3.27. The van der Waals surface area contributed by atoms with E-state index in [1.54, 1.807) is 24.3 Å². The average Bonchev–Trinajstić information content (AvgIpc) is 2.60. The molecule has 0 spiro atoms. The number of nitrogens with one attached hydrogen (secondary N) is 2. The number of hydrogen-bond acceptors (Lipinski definition) is 6. The van der Waals surface area contributed by atoms with E-state index < -0.39 is 24.5 Å². The van der Waals surface area contributed by atoms with Crippen molar-refractivity contribution in [2.24, 2.45) is 0 Å². The lowest BCUT2D eigenvalue weighted by Gasteiger charge is -2.08. The lowest BCUT2D eigenvalue weighted by Crippen LogP contribution is -2.41. The SMILES string of the molecule is CCCCNC(=O)NC(=O)COC(=O)CCOc1ccc(C(C)=O)cc1. The van der Waals surface area contributed by atoms with Crippen LogP contribution in [0.2, 0.25) is 0 Å². The number of hydrogen-bond donors (Lipinski definition) is 2. The molecule has 0 radical (unpaired) electrons. The van der Waals surface area contributed by atoms with Gasteiger partial charge in [0.15, 0.2) is 12.4 Å². The first-order valence-electron chi connectivity index (χ1n) is 8.39. The van der Waals surface area contributed by atoms with Crippen molar-refractivity contribution in [3.63, 3.8) is 0 Å². The lowest BCUT2D eigenvalue weighted by atomic mass is 10.1. The van der Waals surface area contributed by atoms with Crippen LogP contribution in [0, 0.1) is 0 Å². The van der Waals surface area contributed by atoms with Crippen LogP contribution in [0.3, 0.4) is 0 Å². The van der Waals surface area contributed by atoms with Gasteiger partial charge in [-0.05, 0) is 37.6 Å². The number of amides is 3. The summed E-state index contributed by atoms with van der Waals surface area (Å²) >= 11 is 0. The molecule has 0 saturated heterocycles. The maximum atomic E-state index is 11.6. The van der Waals surface area contributed by atoms with Crippen molar-refractivity contribution in [2.45, 2.75) is 33.1 Å². The van der Waals surface area contributed by atoms with E-state index in [-0.39, 0.29) is 18.8 Å². The highest BCUT2D eigenvalue weighted by atomic mass is 16.5. The van der Waals surface area contributed by atoms with Crippen molar-refractivity contribution in [1.82, 2.24) is 10.6 Å². The number of esters is 1. The third kappa shape index (κ3) is 8.81. The molecule has 0 aliphatic heterocycles. The van der Waals surface area contributed by atoms with Crippen LogP contribution in [0.25, 0.3) is 0 Å². The van der Waals surface area contributed by atoms with E-state index in [2.05, 4.69) is 10.6 Å². The van der Waals surface area contributed by atoms with E-state index >= 15 is 0 Å². The molecule has 2 N–H and O–H groups in total. The molecule has 0 saturated carbocycles. The Bertz CT molecular complexity index is 627. The topological polar surface area (TPSA) is 111 Å². The largest absolute Gasteiger partial charge is 0.493 e. The predicted molar refractivity (Wildman–Crippen MR) is 94.0 cm³/mol. The Hall–Kier alpha value is -2.90. The van der Waals surface area contributed by atoms with Gasteiger partial charge >= 0.3 is 12.0 Å². The summed E-state index contributed by atoms with van der Waals surface area (Å²) in [6, 6.07) is 5.91. The molecule has 1 aromatic carbocycles. The number of imide groups is 1. The van der Waals surface area contributed by atoms with Crippen LogP contribution in [0.4, 0.5) is 4.79 Å². The van der Waals surface area contributed by atoms with E-state index in [1.807, 2.05) is 6.92 Å². The molecule has 1 aromatic rings. The maximum absolute atomic E-state index is 11.6. The molecule has 3 amide bonds. The molecular weight excluding hydrogens is 340 g/mol. The highest BCUT2D eigenvalue weighted by Crippen LogP contribution is 2.12. The van der Waals surface area contributed by atoms with Gasteiger partial charge in [-0.2, -0.15) is 0 Å². The van der Waals surface area contributed by atoms with Gasteiger partial charge in [-0.1, -0.05) is 13.3 Å². The van der Waals surface area contributed by atoms with Crippen molar-refractivity contribution in [1.29, 1.82) is 0 Å². The quantitative estimate of drug-likeness (QED) is 0.372. The van der Waals surface area contributed by atoms with Gasteiger partial charge in [0.05, 0.1) is 13.0 Å². The zero-order valence-corrected chi connectivity index (χ0v) is 15.0. The molecular formula is C18H24N2O6. The van der Waals surface area contributed by atoms with E-state index in [9.17, 15) is 19.2 Å². The molecule has 0 aromatic heterocycles. The summed E-state index contributed by atoms with van der Waals surface area (Å²) < 4.78 is 10.1. The van der Waals surface area contributed by atoms with Crippen molar-refractivity contribution in [2.75, 3.05) is 19.8 Å². The summed E-state index contributed by atoms with van der Waals surface area (Å²) in [5, 5.41) is 4.58. The van der Waals surface area contributed by atoms with Gasteiger partial charge in [0.2, 0.25) is 0 Å². The van der Waals surface area contributed by atoms with Gasteiger partial charge in [-0.15, -0.1) is 0 Å². The number of carbonyl (C=O) groups is 4. The fourth-order valence-electron chi connectivity index (χ4n) is 1.84. The second-order valence-corrected chi connectivity index (χ2v) is 5.50. The number of urea groups is 1. The van der Waals surface area contributed by atoms with Crippen LogP contribution >= 0.6 is 0 Å². The van der Waals surface area contributed by atoms with E-state index in [1.165, 1.54) is 6.92 Å².